The van der Waals surface area contributed by atoms with Gasteiger partial charge in [0.25, 0.3) is 0 Å². The molecular formula is C9H12N4O2S. The Morgan fingerprint density at radius 3 is 2.75 bits per heavy atom. The van der Waals surface area contributed by atoms with Crippen LogP contribution in [0, 0.1) is 5.92 Å². The number of aromatic nitrogens is 2. The lowest BCUT2D eigenvalue weighted by atomic mass is 10.1. The zero-order valence-electron chi connectivity index (χ0n) is 9.06. The molecule has 7 heteroatoms. The summed E-state index contributed by atoms with van der Waals surface area (Å²) < 4.78 is 0. The molecule has 16 heavy (non-hydrogen) atoms. The molecule has 0 bridgehead atoms. The number of nitrogens with one attached hydrogen (secondary N) is 1. The van der Waals surface area contributed by atoms with E-state index in [9.17, 15) is 9.59 Å². The van der Waals surface area contributed by atoms with Gasteiger partial charge >= 0.3 is 0 Å². The highest BCUT2D eigenvalue weighted by molar-refractivity contribution is 7.15. The summed E-state index contributed by atoms with van der Waals surface area (Å²) in [6.07, 6.45) is 0.302. The zero-order valence-corrected chi connectivity index (χ0v) is 9.87. The summed E-state index contributed by atoms with van der Waals surface area (Å²) in [6.45, 7) is 2.00. The van der Waals surface area contributed by atoms with Gasteiger partial charge in [0.1, 0.15) is 5.01 Å². The second-order valence-corrected chi connectivity index (χ2v) is 4.74. The van der Waals surface area contributed by atoms with E-state index in [-0.39, 0.29) is 24.3 Å². The standard InChI is InChI=1S/C9H12N4O2S/c1-5-3-7(14)13(8(5)15)4-6-11-12-9(10-2)16-6/h5H,3-4H2,1-2H3,(H,10,12). The molecule has 1 N–H and O–H groups in total. The van der Waals surface area contributed by atoms with Crippen LogP contribution in [0.3, 0.4) is 0 Å². The topological polar surface area (TPSA) is 75.2 Å². The average molecular weight is 240 g/mol. The smallest absolute Gasteiger partial charge is 0.232 e. The number of hydrogen-bond acceptors (Lipinski definition) is 6. The molecule has 0 aromatic carbocycles. The van der Waals surface area contributed by atoms with Crippen molar-refractivity contribution in [2.24, 2.45) is 5.92 Å². The van der Waals surface area contributed by atoms with E-state index < -0.39 is 0 Å². The fourth-order valence-electron chi connectivity index (χ4n) is 1.57. The Morgan fingerprint density at radius 2 is 2.25 bits per heavy atom. The fraction of sp³-hybridized carbons (Fsp3) is 0.556. The number of hydrogen-bond donors (Lipinski definition) is 1. The van der Waals surface area contributed by atoms with Crippen molar-refractivity contribution in [1.82, 2.24) is 15.1 Å². The third-order valence-electron chi connectivity index (χ3n) is 2.44. The normalized spacial score (nSPS) is 20.6. The van der Waals surface area contributed by atoms with Crippen LogP contribution in [0.5, 0.6) is 0 Å². The molecule has 1 atom stereocenters. The maximum absolute atomic E-state index is 11.6. The SMILES string of the molecule is CNc1nnc(CN2C(=O)CC(C)C2=O)s1. The minimum atomic E-state index is -0.204. The molecule has 1 unspecified atom stereocenters. The minimum Gasteiger partial charge on any atom is -0.363 e. The highest BCUT2D eigenvalue weighted by Crippen LogP contribution is 2.23. The first-order chi connectivity index (χ1) is 7.61. The molecule has 2 amide bonds. The Morgan fingerprint density at radius 1 is 1.50 bits per heavy atom. The van der Waals surface area contributed by atoms with Crippen LogP contribution in [0.25, 0.3) is 0 Å². The fourth-order valence-corrected chi connectivity index (χ4v) is 2.25. The van der Waals surface area contributed by atoms with E-state index in [1.165, 1.54) is 16.2 Å². The first-order valence-corrected chi connectivity index (χ1v) is 5.78. The van der Waals surface area contributed by atoms with E-state index in [1.807, 2.05) is 0 Å². The summed E-state index contributed by atoms with van der Waals surface area (Å²) in [5, 5.41) is 12.0. The lowest BCUT2D eigenvalue weighted by Crippen LogP contribution is -2.29. The van der Waals surface area contributed by atoms with Crippen LogP contribution < -0.4 is 5.32 Å². The monoisotopic (exact) mass is 240 g/mol. The molecule has 1 aromatic rings. The number of likely N-dealkylation sites (tertiary alicyclic amines) is 1. The molecular weight excluding hydrogens is 228 g/mol. The summed E-state index contributed by atoms with van der Waals surface area (Å²) >= 11 is 1.35. The molecule has 0 saturated carbocycles. The lowest BCUT2D eigenvalue weighted by molar-refractivity contribution is -0.139. The third kappa shape index (κ3) is 1.90. The number of imide groups is 1. The summed E-state index contributed by atoms with van der Waals surface area (Å²) in [5.74, 6) is -0.450. The third-order valence-corrected chi connectivity index (χ3v) is 3.37. The molecule has 0 radical (unpaired) electrons. The number of carbonyl (C=O) groups excluding carboxylic acids is 2. The van der Waals surface area contributed by atoms with Gasteiger partial charge in [0.05, 0.1) is 6.54 Å². The minimum absolute atomic E-state index is 0.119. The van der Waals surface area contributed by atoms with Crippen LogP contribution in [-0.2, 0) is 16.1 Å². The molecule has 2 rings (SSSR count). The van der Waals surface area contributed by atoms with Crippen LogP contribution in [0.2, 0.25) is 0 Å². The predicted octanol–water partition coefficient (Wildman–Crippen LogP) is 0.475. The quantitative estimate of drug-likeness (QED) is 0.777. The lowest BCUT2D eigenvalue weighted by Gasteiger charge is -2.11. The van der Waals surface area contributed by atoms with E-state index in [4.69, 9.17) is 0 Å². The Labute approximate surface area is 96.7 Å². The highest BCUT2D eigenvalue weighted by Gasteiger charge is 2.35. The molecule has 1 saturated heterocycles. The summed E-state index contributed by atoms with van der Waals surface area (Å²) in [5.41, 5.74) is 0. The molecule has 1 fully saturated rings. The van der Waals surface area contributed by atoms with E-state index in [2.05, 4.69) is 15.5 Å². The van der Waals surface area contributed by atoms with Crippen molar-refractivity contribution in [2.45, 2.75) is 19.9 Å². The number of amides is 2. The molecule has 86 valence electrons. The van der Waals surface area contributed by atoms with E-state index >= 15 is 0 Å². The van der Waals surface area contributed by atoms with Gasteiger partial charge in [-0.15, -0.1) is 10.2 Å². The van der Waals surface area contributed by atoms with Gasteiger partial charge in [0, 0.05) is 19.4 Å². The molecule has 1 aromatic heterocycles. The first kappa shape index (κ1) is 11.0. The first-order valence-electron chi connectivity index (χ1n) is 4.96. The highest BCUT2D eigenvalue weighted by atomic mass is 32.1. The number of anilines is 1. The molecule has 1 aliphatic rings. The van der Waals surface area contributed by atoms with E-state index in [0.29, 0.717) is 16.6 Å². The molecule has 1 aliphatic heterocycles. The van der Waals surface area contributed by atoms with Crippen LogP contribution in [-0.4, -0.2) is 34.0 Å². The Hall–Kier alpha value is -1.50. The number of nitrogens with zero attached hydrogens (tertiary/aromatic N) is 3. The van der Waals surface area contributed by atoms with Crippen LogP contribution in [0.15, 0.2) is 0 Å². The summed E-state index contributed by atoms with van der Waals surface area (Å²) in [6, 6.07) is 0. The van der Waals surface area contributed by atoms with E-state index in [0.717, 1.165) is 0 Å². The number of rotatable bonds is 3. The average Bonchev–Trinajstić information content (AvgIpc) is 2.80. The second kappa shape index (κ2) is 4.17. The van der Waals surface area contributed by atoms with Crippen LogP contribution in [0.4, 0.5) is 5.13 Å². The number of carbonyl (C=O) groups is 2. The van der Waals surface area contributed by atoms with Gasteiger partial charge in [-0.25, -0.2) is 0 Å². The van der Waals surface area contributed by atoms with Crippen molar-refractivity contribution in [3.05, 3.63) is 5.01 Å². The largest absolute Gasteiger partial charge is 0.363 e. The Kier molecular flexibility index (Phi) is 2.86. The van der Waals surface area contributed by atoms with Crippen molar-refractivity contribution in [3.8, 4) is 0 Å². The van der Waals surface area contributed by atoms with Crippen molar-refractivity contribution < 1.29 is 9.59 Å². The van der Waals surface area contributed by atoms with Crippen LogP contribution >= 0.6 is 11.3 Å². The summed E-state index contributed by atoms with van der Waals surface area (Å²) in [4.78, 5) is 24.4. The predicted molar refractivity (Wildman–Crippen MR) is 58.8 cm³/mol. The van der Waals surface area contributed by atoms with Gasteiger partial charge in [-0.2, -0.15) is 0 Å². The van der Waals surface area contributed by atoms with Crippen molar-refractivity contribution in [1.29, 1.82) is 0 Å². The Bertz CT molecular complexity index is 431. The van der Waals surface area contributed by atoms with Gasteiger partial charge in [-0.05, 0) is 0 Å². The van der Waals surface area contributed by atoms with Gasteiger partial charge in [-0.1, -0.05) is 18.3 Å². The molecule has 6 nitrogen and oxygen atoms in total. The van der Waals surface area contributed by atoms with Crippen molar-refractivity contribution >= 4 is 28.3 Å². The van der Waals surface area contributed by atoms with Gasteiger partial charge in [0.15, 0.2) is 0 Å². The molecule has 2 heterocycles. The maximum atomic E-state index is 11.6. The second-order valence-electron chi connectivity index (χ2n) is 3.67. The van der Waals surface area contributed by atoms with E-state index in [1.54, 1.807) is 14.0 Å². The summed E-state index contributed by atoms with van der Waals surface area (Å²) in [7, 11) is 1.75. The maximum Gasteiger partial charge on any atom is 0.232 e. The van der Waals surface area contributed by atoms with Gasteiger partial charge in [0.2, 0.25) is 16.9 Å². The zero-order chi connectivity index (χ0) is 11.7. The van der Waals surface area contributed by atoms with Crippen LogP contribution in [0.1, 0.15) is 18.4 Å². The molecule has 0 spiro atoms. The van der Waals surface area contributed by atoms with Gasteiger partial charge in [-0.3, -0.25) is 14.5 Å². The van der Waals surface area contributed by atoms with Crippen molar-refractivity contribution in [2.75, 3.05) is 12.4 Å². The van der Waals surface area contributed by atoms with Crippen molar-refractivity contribution in [3.63, 3.8) is 0 Å². The Balaban J connectivity index is 2.09. The molecule has 0 aliphatic carbocycles. The van der Waals surface area contributed by atoms with Gasteiger partial charge < -0.3 is 5.32 Å².